The summed E-state index contributed by atoms with van der Waals surface area (Å²) >= 11 is 1.31. The number of benzene rings is 2. The summed E-state index contributed by atoms with van der Waals surface area (Å²) < 4.78 is 5.80. The van der Waals surface area contributed by atoms with Gasteiger partial charge in [0, 0.05) is 17.3 Å². The maximum Gasteiger partial charge on any atom is 0.277 e. The van der Waals surface area contributed by atoms with Gasteiger partial charge >= 0.3 is 0 Å². The minimum absolute atomic E-state index is 0.0630. The van der Waals surface area contributed by atoms with Gasteiger partial charge in [-0.2, -0.15) is 0 Å². The normalized spacial score (nSPS) is 17.0. The van der Waals surface area contributed by atoms with Crippen molar-refractivity contribution in [1.29, 1.82) is 0 Å². The second-order valence-electron chi connectivity index (χ2n) is 6.84. The van der Waals surface area contributed by atoms with Crippen molar-refractivity contribution in [2.75, 3.05) is 4.90 Å². The monoisotopic (exact) mass is 379 g/mol. The van der Waals surface area contributed by atoms with Crippen LogP contribution in [0.25, 0.3) is 11.5 Å². The number of amides is 1. The molecule has 2 heterocycles. The van der Waals surface area contributed by atoms with E-state index < -0.39 is 0 Å². The molecule has 0 N–H and O–H groups in total. The first kappa shape index (κ1) is 17.8. The molecule has 3 aromatic rings. The van der Waals surface area contributed by atoms with Crippen LogP contribution in [0.2, 0.25) is 0 Å². The van der Waals surface area contributed by atoms with E-state index in [2.05, 4.69) is 23.2 Å². The summed E-state index contributed by atoms with van der Waals surface area (Å²) in [4.78, 5) is 15.0. The molecule has 5 nitrogen and oxygen atoms in total. The molecule has 0 fully saturated rings. The van der Waals surface area contributed by atoms with Gasteiger partial charge in [-0.25, -0.2) is 0 Å². The predicted molar refractivity (Wildman–Crippen MR) is 107 cm³/mol. The van der Waals surface area contributed by atoms with Crippen LogP contribution in [0.15, 0.2) is 58.2 Å². The Morgan fingerprint density at radius 3 is 2.74 bits per heavy atom. The molecule has 0 radical (unpaired) electrons. The number of thioether (sulfide) groups is 1. The number of aryl methyl sites for hydroxylation is 1. The van der Waals surface area contributed by atoms with Gasteiger partial charge in [0.1, 0.15) is 0 Å². The Kier molecular flexibility index (Phi) is 4.74. The molecule has 1 aliphatic heterocycles. The molecule has 1 amide bonds. The van der Waals surface area contributed by atoms with E-state index in [9.17, 15) is 4.79 Å². The molecule has 0 saturated heterocycles. The lowest BCUT2D eigenvalue weighted by Crippen LogP contribution is -2.40. The van der Waals surface area contributed by atoms with Crippen LogP contribution < -0.4 is 4.90 Å². The summed E-state index contributed by atoms with van der Waals surface area (Å²) in [6.45, 7) is 5.97. The number of rotatable bonds is 4. The smallest absolute Gasteiger partial charge is 0.277 e. The fourth-order valence-corrected chi connectivity index (χ4v) is 4.21. The highest BCUT2D eigenvalue weighted by Gasteiger charge is 2.34. The van der Waals surface area contributed by atoms with Crippen LogP contribution in [0.1, 0.15) is 25.0 Å². The molecule has 1 aliphatic rings. The summed E-state index contributed by atoms with van der Waals surface area (Å²) in [6.07, 6.45) is 0.886. The highest BCUT2D eigenvalue weighted by molar-refractivity contribution is 8.00. The molecule has 0 unspecified atom stereocenters. The third-order valence-electron chi connectivity index (χ3n) is 4.85. The van der Waals surface area contributed by atoms with Gasteiger partial charge in [-0.3, -0.25) is 4.79 Å². The van der Waals surface area contributed by atoms with Crippen LogP contribution in [0, 0.1) is 6.92 Å². The van der Waals surface area contributed by atoms with Gasteiger partial charge in [-0.15, -0.1) is 10.2 Å². The van der Waals surface area contributed by atoms with E-state index in [1.165, 1.54) is 17.3 Å². The average Bonchev–Trinajstić information content (AvgIpc) is 3.25. The predicted octanol–water partition coefficient (Wildman–Crippen LogP) is 4.50. The van der Waals surface area contributed by atoms with Gasteiger partial charge in [0.15, 0.2) is 0 Å². The first-order valence-electron chi connectivity index (χ1n) is 9.01. The van der Waals surface area contributed by atoms with Crippen LogP contribution in [-0.4, -0.2) is 27.4 Å². The van der Waals surface area contributed by atoms with Gasteiger partial charge in [0.25, 0.3) is 5.22 Å². The zero-order valence-corrected chi connectivity index (χ0v) is 16.4. The fourth-order valence-electron chi connectivity index (χ4n) is 3.48. The maximum atomic E-state index is 13.1. The van der Waals surface area contributed by atoms with Gasteiger partial charge in [-0.1, -0.05) is 48.2 Å². The molecule has 4 rings (SSSR count). The second kappa shape index (κ2) is 7.19. The Bertz CT molecular complexity index is 985. The third-order valence-corrected chi connectivity index (χ3v) is 5.77. The summed E-state index contributed by atoms with van der Waals surface area (Å²) in [6, 6.07) is 16.1. The zero-order valence-electron chi connectivity index (χ0n) is 15.5. The lowest BCUT2D eigenvalue weighted by atomic mass is 10.1. The van der Waals surface area contributed by atoms with Crippen LogP contribution >= 0.6 is 11.8 Å². The van der Waals surface area contributed by atoms with Gasteiger partial charge in [0.05, 0.1) is 5.25 Å². The van der Waals surface area contributed by atoms with E-state index in [-0.39, 0.29) is 17.2 Å². The van der Waals surface area contributed by atoms with Crippen LogP contribution in [0.5, 0.6) is 0 Å². The van der Waals surface area contributed by atoms with Crippen molar-refractivity contribution in [3.63, 3.8) is 0 Å². The van der Waals surface area contributed by atoms with E-state index >= 15 is 0 Å². The zero-order chi connectivity index (χ0) is 19.0. The summed E-state index contributed by atoms with van der Waals surface area (Å²) in [7, 11) is 0. The fraction of sp³-hybridized carbons (Fsp3) is 0.286. The van der Waals surface area contributed by atoms with Crippen molar-refractivity contribution < 1.29 is 9.21 Å². The number of hydrogen-bond acceptors (Lipinski definition) is 5. The van der Waals surface area contributed by atoms with Crippen LogP contribution in [-0.2, 0) is 11.2 Å². The molecule has 2 atom stereocenters. The summed E-state index contributed by atoms with van der Waals surface area (Å²) in [5, 5.41) is 8.36. The average molecular weight is 379 g/mol. The van der Waals surface area contributed by atoms with E-state index in [4.69, 9.17) is 4.42 Å². The van der Waals surface area contributed by atoms with Crippen LogP contribution in [0.4, 0.5) is 5.69 Å². The van der Waals surface area contributed by atoms with Gasteiger partial charge in [-0.05, 0) is 50.5 Å². The molecule has 1 aromatic heterocycles. The molecule has 0 aliphatic carbocycles. The lowest BCUT2D eigenvalue weighted by Gasteiger charge is -2.25. The molecule has 27 heavy (non-hydrogen) atoms. The highest BCUT2D eigenvalue weighted by Crippen LogP contribution is 2.35. The third kappa shape index (κ3) is 3.37. The van der Waals surface area contributed by atoms with E-state index in [1.807, 2.05) is 61.2 Å². The SMILES string of the molecule is Cc1ccccc1-c1nnc(S[C@H](C)C(=O)N2c3ccccc3C[C@@H]2C)o1. The molecular weight excluding hydrogens is 358 g/mol. The van der Waals surface area contributed by atoms with Crippen molar-refractivity contribution in [2.45, 2.75) is 43.7 Å². The summed E-state index contributed by atoms with van der Waals surface area (Å²) in [5.41, 5.74) is 4.21. The number of aromatic nitrogens is 2. The van der Waals surface area contributed by atoms with Crippen molar-refractivity contribution in [1.82, 2.24) is 10.2 Å². The van der Waals surface area contributed by atoms with Crippen molar-refractivity contribution >= 4 is 23.4 Å². The largest absolute Gasteiger partial charge is 0.411 e. The topological polar surface area (TPSA) is 59.2 Å². The van der Waals surface area contributed by atoms with Crippen molar-refractivity contribution in [2.24, 2.45) is 0 Å². The van der Waals surface area contributed by atoms with E-state index in [0.29, 0.717) is 11.1 Å². The van der Waals surface area contributed by atoms with E-state index in [0.717, 1.165) is 23.2 Å². The molecule has 0 saturated carbocycles. The minimum Gasteiger partial charge on any atom is -0.411 e. The number of para-hydroxylation sites is 1. The highest BCUT2D eigenvalue weighted by atomic mass is 32.2. The Hall–Kier alpha value is -2.60. The van der Waals surface area contributed by atoms with E-state index in [1.54, 1.807) is 0 Å². The number of hydrogen-bond donors (Lipinski definition) is 0. The summed E-state index contributed by atoms with van der Waals surface area (Å²) in [5.74, 6) is 0.545. The van der Waals surface area contributed by atoms with Gasteiger partial charge < -0.3 is 9.32 Å². The quantitative estimate of drug-likeness (QED) is 0.625. The first-order valence-corrected chi connectivity index (χ1v) is 9.89. The Morgan fingerprint density at radius 1 is 1.19 bits per heavy atom. The second-order valence-corrected chi connectivity index (χ2v) is 8.13. The first-order chi connectivity index (χ1) is 13.0. The standard InChI is InChI=1S/C21H21N3O2S/c1-13-8-4-6-10-17(13)19-22-23-21(26-19)27-15(3)20(25)24-14(2)12-16-9-5-7-11-18(16)24/h4-11,14-15H,12H2,1-3H3/t14-,15+/m0/s1. The number of carbonyl (C=O) groups excluding carboxylic acids is 1. The molecule has 2 aromatic carbocycles. The Morgan fingerprint density at radius 2 is 1.93 bits per heavy atom. The molecule has 0 bridgehead atoms. The van der Waals surface area contributed by atoms with Gasteiger partial charge in [0.2, 0.25) is 11.8 Å². The van der Waals surface area contributed by atoms with Crippen molar-refractivity contribution in [3.8, 4) is 11.5 Å². The Balaban J connectivity index is 1.51. The number of anilines is 1. The number of nitrogens with zero attached hydrogens (tertiary/aromatic N) is 3. The van der Waals surface area contributed by atoms with Crippen molar-refractivity contribution in [3.05, 3.63) is 59.7 Å². The molecule has 6 heteroatoms. The number of fused-ring (bicyclic) bond motifs is 1. The Labute approximate surface area is 162 Å². The minimum atomic E-state index is -0.316. The van der Waals surface area contributed by atoms with Crippen LogP contribution in [0.3, 0.4) is 0 Å². The molecular formula is C21H21N3O2S. The maximum absolute atomic E-state index is 13.1. The number of carbonyl (C=O) groups is 1. The molecule has 0 spiro atoms. The lowest BCUT2D eigenvalue weighted by molar-refractivity contribution is -0.118. The molecule has 138 valence electrons.